The van der Waals surface area contributed by atoms with Crippen LogP contribution in [0, 0.1) is 25.2 Å². The van der Waals surface area contributed by atoms with E-state index < -0.39 is 0 Å². The number of hydrogen-bond donors (Lipinski definition) is 1. The van der Waals surface area contributed by atoms with E-state index in [-0.39, 0.29) is 24.6 Å². The minimum atomic E-state index is -0.0853. The lowest BCUT2D eigenvalue weighted by Crippen LogP contribution is -2.40. The molecule has 0 aliphatic carbocycles. The quantitative estimate of drug-likeness (QED) is 0.547. The second kappa shape index (κ2) is 9.43. The summed E-state index contributed by atoms with van der Waals surface area (Å²) in [6.07, 6.45) is 3.14. The lowest BCUT2D eigenvalue weighted by molar-refractivity contribution is -0.117. The summed E-state index contributed by atoms with van der Waals surface area (Å²) in [6, 6.07) is 8.83. The first-order valence-electron chi connectivity index (χ1n) is 11.4. The Morgan fingerprint density at radius 1 is 1.30 bits per heavy atom. The molecular weight excluding hydrogens is 452 g/mol. The van der Waals surface area contributed by atoms with Gasteiger partial charge in [0.25, 0.3) is 0 Å². The molecule has 5 rings (SSSR count). The van der Waals surface area contributed by atoms with Crippen LogP contribution in [0.2, 0.25) is 0 Å². The van der Waals surface area contributed by atoms with E-state index in [0.717, 1.165) is 43.7 Å². The van der Waals surface area contributed by atoms with Gasteiger partial charge in [0.15, 0.2) is 0 Å². The number of carbonyl (C=O) groups is 1. The molecule has 1 amide bonds. The summed E-state index contributed by atoms with van der Waals surface area (Å²) >= 11 is 3.54. The van der Waals surface area contributed by atoms with Crippen LogP contribution in [-0.4, -0.2) is 41.2 Å². The molecule has 0 radical (unpaired) electrons. The summed E-state index contributed by atoms with van der Waals surface area (Å²) in [7, 11) is 0. The number of rotatable bonds is 6. The van der Waals surface area contributed by atoms with Crippen molar-refractivity contribution >= 4 is 34.4 Å². The van der Waals surface area contributed by atoms with Gasteiger partial charge in [0.05, 0.1) is 30.8 Å². The van der Waals surface area contributed by atoms with Crippen molar-refractivity contribution in [3.63, 3.8) is 0 Å². The van der Waals surface area contributed by atoms with Crippen LogP contribution in [-0.2, 0) is 22.5 Å². The Kier molecular flexibility index (Phi) is 6.39. The third-order valence-corrected chi connectivity index (χ3v) is 8.76. The predicted octanol–water partition coefficient (Wildman–Crippen LogP) is 4.86. The standard InChI is InChI=1S/C25H28N4O2S2/c1-16-17(2)29(14-18-5-3-10-31-18)25(20(16)13-26)27-23(30)15-28-9-7-21-19(8-12-33-21)24(28)22-6-4-11-32-22/h4,6,8,11-12,18,24H,3,5,7,9-10,14-15H2,1-2H3,(H,27,30)/t18-,24-/m1/s1. The number of nitrogens with one attached hydrogen (secondary N) is 1. The number of carbonyl (C=O) groups excluding carboxylic acids is 1. The molecule has 1 saturated heterocycles. The summed E-state index contributed by atoms with van der Waals surface area (Å²) in [5.41, 5.74) is 3.79. The van der Waals surface area contributed by atoms with E-state index in [4.69, 9.17) is 4.74 Å². The van der Waals surface area contributed by atoms with Gasteiger partial charge in [-0.25, -0.2) is 0 Å². The van der Waals surface area contributed by atoms with Crippen LogP contribution in [0.1, 0.15) is 51.0 Å². The van der Waals surface area contributed by atoms with E-state index in [1.165, 1.54) is 15.3 Å². The lowest BCUT2D eigenvalue weighted by Gasteiger charge is -2.34. The topological polar surface area (TPSA) is 70.3 Å². The molecule has 172 valence electrons. The van der Waals surface area contributed by atoms with Crippen LogP contribution in [0.15, 0.2) is 29.0 Å². The smallest absolute Gasteiger partial charge is 0.239 e. The van der Waals surface area contributed by atoms with Gasteiger partial charge in [-0.05, 0) is 67.1 Å². The van der Waals surface area contributed by atoms with Crippen molar-refractivity contribution in [3.05, 3.63) is 61.1 Å². The third kappa shape index (κ3) is 4.26. The molecule has 0 saturated carbocycles. The van der Waals surface area contributed by atoms with Gasteiger partial charge in [-0.15, -0.1) is 22.7 Å². The molecule has 33 heavy (non-hydrogen) atoms. The zero-order chi connectivity index (χ0) is 22.9. The van der Waals surface area contributed by atoms with Crippen LogP contribution >= 0.6 is 22.7 Å². The van der Waals surface area contributed by atoms with Crippen molar-refractivity contribution in [2.24, 2.45) is 0 Å². The average Bonchev–Trinajstić information content (AvgIpc) is 3.61. The van der Waals surface area contributed by atoms with Crippen molar-refractivity contribution < 1.29 is 9.53 Å². The number of amides is 1. The van der Waals surface area contributed by atoms with Gasteiger partial charge < -0.3 is 14.6 Å². The average molecular weight is 481 g/mol. The van der Waals surface area contributed by atoms with E-state index in [1.54, 1.807) is 22.7 Å². The first-order valence-corrected chi connectivity index (χ1v) is 13.2. The molecule has 0 aromatic carbocycles. The van der Waals surface area contributed by atoms with Crippen molar-refractivity contribution in [3.8, 4) is 6.07 Å². The van der Waals surface area contributed by atoms with Crippen LogP contribution in [0.3, 0.4) is 0 Å². The molecule has 0 spiro atoms. The molecule has 3 aromatic heterocycles. The largest absolute Gasteiger partial charge is 0.376 e. The minimum absolute atomic E-state index is 0.0853. The number of fused-ring (bicyclic) bond motifs is 1. The number of nitrogens with zero attached hydrogens (tertiary/aromatic N) is 3. The van der Waals surface area contributed by atoms with Crippen LogP contribution in [0.4, 0.5) is 5.82 Å². The molecule has 0 unspecified atom stereocenters. The second-order valence-corrected chi connectivity index (χ2v) is 10.8. The highest BCUT2D eigenvalue weighted by atomic mass is 32.1. The van der Waals surface area contributed by atoms with E-state index in [2.05, 4.69) is 49.8 Å². The highest BCUT2D eigenvalue weighted by Gasteiger charge is 2.32. The molecule has 6 nitrogen and oxygen atoms in total. The predicted molar refractivity (Wildman–Crippen MR) is 132 cm³/mol. The maximum Gasteiger partial charge on any atom is 0.239 e. The summed E-state index contributed by atoms with van der Waals surface area (Å²) in [5.74, 6) is 0.520. The van der Waals surface area contributed by atoms with Gasteiger partial charge in [0, 0.05) is 28.6 Å². The Labute approximate surface area is 202 Å². The second-order valence-electron chi connectivity index (χ2n) is 8.78. The fourth-order valence-electron chi connectivity index (χ4n) is 5.03. The van der Waals surface area contributed by atoms with Gasteiger partial charge in [0.2, 0.25) is 5.91 Å². The van der Waals surface area contributed by atoms with E-state index >= 15 is 0 Å². The van der Waals surface area contributed by atoms with Crippen molar-refractivity contribution in [1.29, 1.82) is 5.26 Å². The maximum absolute atomic E-state index is 13.3. The Bertz CT molecular complexity index is 1180. The zero-order valence-electron chi connectivity index (χ0n) is 19.0. The van der Waals surface area contributed by atoms with Gasteiger partial charge in [0.1, 0.15) is 11.9 Å². The SMILES string of the molecule is Cc1c(C#N)c(NC(=O)CN2CCc3sccc3[C@@H]2c2cccs2)n(C[C@H]2CCCO2)c1C. The maximum atomic E-state index is 13.3. The molecule has 3 aromatic rings. The molecule has 5 heterocycles. The highest BCUT2D eigenvalue weighted by molar-refractivity contribution is 7.10. The first-order chi connectivity index (χ1) is 16.1. The van der Waals surface area contributed by atoms with Gasteiger partial charge in [-0.2, -0.15) is 5.26 Å². The molecule has 2 atom stereocenters. The number of nitriles is 1. The Morgan fingerprint density at radius 3 is 2.91 bits per heavy atom. The molecular formula is C25H28N4O2S2. The van der Waals surface area contributed by atoms with Crippen LogP contribution in [0.5, 0.6) is 0 Å². The highest BCUT2D eigenvalue weighted by Crippen LogP contribution is 2.39. The van der Waals surface area contributed by atoms with Crippen LogP contribution < -0.4 is 5.32 Å². The third-order valence-electron chi connectivity index (χ3n) is 6.83. The van der Waals surface area contributed by atoms with Crippen molar-refractivity contribution in [2.45, 2.75) is 51.8 Å². The first kappa shape index (κ1) is 22.4. The van der Waals surface area contributed by atoms with Crippen LogP contribution in [0.25, 0.3) is 0 Å². The summed E-state index contributed by atoms with van der Waals surface area (Å²) in [6.45, 7) is 6.52. The van der Waals surface area contributed by atoms with Gasteiger partial charge >= 0.3 is 0 Å². The number of aromatic nitrogens is 1. The van der Waals surface area contributed by atoms with Crippen molar-refractivity contribution in [2.75, 3.05) is 25.0 Å². The number of anilines is 1. The normalized spacial score (nSPS) is 20.5. The number of ether oxygens (including phenoxy) is 1. The molecule has 1 N–H and O–H groups in total. The fourth-order valence-corrected chi connectivity index (χ4v) is 6.81. The Balaban J connectivity index is 1.39. The van der Waals surface area contributed by atoms with E-state index in [0.29, 0.717) is 17.9 Å². The van der Waals surface area contributed by atoms with E-state index in [1.807, 2.05) is 13.8 Å². The van der Waals surface area contributed by atoms with Gasteiger partial charge in [-0.1, -0.05) is 6.07 Å². The lowest BCUT2D eigenvalue weighted by atomic mass is 9.98. The summed E-state index contributed by atoms with van der Waals surface area (Å²) in [5, 5.41) is 17.2. The Hall–Kier alpha value is -2.44. The molecule has 1 fully saturated rings. The fraction of sp³-hybridized carbons (Fsp3) is 0.440. The monoisotopic (exact) mass is 480 g/mol. The molecule has 0 bridgehead atoms. The van der Waals surface area contributed by atoms with Gasteiger partial charge in [-0.3, -0.25) is 9.69 Å². The summed E-state index contributed by atoms with van der Waals surface area (Å²) < 4.78 is 7.90. The number of hydrogen-bond acceptors (Lipinski definition) is 6. The number of thiophene rings is 2. The molecule has 2 aliphatic heterocycles. The molecule has 8 heteroatoms. The minimum Gasteiger partial charge on any atom is -0.376 e. The molecule has 2 aliphatic rings. The van der Waals surface area contributed by atoms with E-state index in [9.17, 15) is 10.1 Å². The zero-order valence-corrected chi connectivity index (χ0v) is 20.6. The van der Waals surface area contributed by atoms with Crippen molar-refractivity contribution in [1.82, 2.24) is 9.47 Å². The summed E-state index contributed by atoms with van der Waals surface area (Å²) in [4.78, 5) is 18.3. The Morgan fingerprint density at radius 2 is 2.18 bits per heavy atom.